The average Bonchev–Trinajstić information content (AvgIpc) is 3.02. The van der Waals surface area contributed by atoms with Gasteiger partial charge in [0.15, 0.2) is 11.6 Å². The van der Waals surface area contributed by atoms with Gasteiger partial charge in [-0.25, -0.2) is 0 Å². The number of carbonyl (C=O) groups is 2. The summed E-state index contributed by atoms with van der Waals surface area (Å²) < 4.78 is 0. The Morgan fingerprint density at radius 1 is 0.660 bits per heavy atom. The molecule has 6 nitrogen and oxygen atoms in total. The standard InChI is InChI=1S/C41H60N4O2/c1-39(2,3)45-28-24-41(6,7)36(30-45)38(47)32-17-21-34(22-18-32)44(10)26-14-12-11-13-25-43(9)33-19-15-31(16-20-33)37(46)35-29-42(8)27-23-40(35,4)5/h15-22,29-30H,11-14,23-28H2,1-10H3. The summed E-state index contributed by atoms with van der Waals surface area (Å²) in [5, 5.41) is 0. The number of benzene rings is 2. The third-order valence-electron chi connectivity index (χ3n) is 10.4. The second-order valence-corrected chi connectivity index (χ2v) is 16.2. The van der Waals surface area contributed by atoms with Crippen molar-refractivity contribution < 1.29 is 9.59 Å². The van der Waals surface area contributed by atoms with E-state index in [0.29, 0.717) is 0 Å². The van der Waals surface area contributed by atoms with Gasteiger partial charge in [0.25, 0.3) is 0 Å². The minimum absolute atomic E-state index is 0.00171. The van der Waals surface area contributed by atoms with Crippen molar-refractivity contribution in [1.82, 2.24) is 9.80 Å². The number of hydrogen-bond donors (Lipinski definition) is 0. The summed E-state index contributed by atoms with van der Waals surface area (Å²) in [5.41, 5.74) is 5.40. The largest absolute Gasteiger partial charge is 0.380 e. The molecular formula is C41H60N4O2. The van der Waals surface area contributed by atoms with E-state index in [9.17, 15) is 9.59 Å². The fourth-order valence-electron chi connectivity index (χ4n) is 6.60. The number of carbonyl (C=O) groups excluding carboxylic acids is 2. The van der Waals surface area contributed by atoms with E-state index in [4.69, 9.17) is 0 Å². The zero-order valence-corrected chi connectivity index (χ0v) is 30.9. The number of anilines is 2. The molecule has 0 saturated carbocycles. The Morgan fingerprint density at radius 3 is 1.49 bits per heavy atom. The minimum Gasteiger partial charge on any atom is -0.380 e. The molecule has 4 rings (SSSR count). The van der Waals surface area contributed by atoms with Crippen LogP contribution in [0.15, 0.2) is 72.1 Å². The fourth-order valence-corrected chi connectivity index (χ4v) is 6.60. The normalized spacial score (nSPS) is 17.6. The fraction of sp³-hybridized carbons (Fsp3) is 0.561. The van der Waals surface area contributed by atoms with Gasteiger partial charge in [0.2, 0.25) is 0 Å². The first-order valence-electron chi connectivity index (χ1n) is 17.6. The third kappa shape index (κ3) is 9.09. The number of ketones is 2. The first kappa shape index (κ1) is 36.3. The van der Waals surface area contributed by atoms with E-state index in [-0.39, 0.29) is 27.9 Å². The van der Waals surface area contributed by atoms with E-state index < -0.39 is 0 Å². The molecule has 0 fully saturated rings. The van der Waals surface area contributed by atoms with Gasteiger partial charge < -0.3 is 19.6 Å². The molecule has 0 aliphatic carbocycles. The molecule has 2 aromatic rings. The van der Waals surface area contributed by atoms with E-state index in [1.807, 2.05) is 37.5 Å². The van der Waals surface area contributed by atoms with E-state index in [1.54, 1.807) is 0 Å². The van der Waals surface area contributed by atoms with Gasteiger partial charge in [-0.3, -0.25) is 9.59 Å². The minimum atomic E-state index is -0.129. The van der Waals surface area contributed by atoms with Crippen molar-refractivity contribution in [3.63, 3.8) is 0 Å². The highest BCUT2D eigenvalue weighted by atomic mass is 16.1. The Bertz CT molecular complexity index is 1440. The lowest BCUT2D eigenvalue weighted by molar-refractivity contribution is 0.0961. The van der Waals surface area contributed by atoms with Crippen LogP contribution in [0.1, 0.15) is 108 Å². The first-order chi connectivity index (χ1) is 22.0. The second kappa shape index (κ2) is 14.7. The van der Waals surface area contributed by atoms with Crippen molar-refractivity contribution >= 4 is 22.9 Å². The molecule has 6 heteroatoms. The molecule has 0 atom stereocenters. The van der Waals surface area contributed by atoms with Crippen LogP contribution >= 0.6 is 0 Å². The lowest BCUT2D eigenvalue weighted by Gasteiger charge is -2.43. The predicted octanol–water partition coefficient (Wildman–Crippen LogP) is 8.84. The zero-order chi connectivity index (χ0) is 34.6. The monoisotopic (exact) mass is 640 g/mol. The maximum absolute atomic E-state index is 13.6. The highest BCUT2D eigenvalue weighted by molar-refractivity contribution is 6.10. The summed E-state index contributed by atoms with van der Waals surface area (Å²) in [6, 6.07) is 16.3. The van der Waals surface area contributed by atoms with Crippen molar-refractivity contribution in [2.45, 2.75) is 92.5 Å². The van der Waals surface area contributed by atoms with Gasteiger partial charge in [0.1, 0.15) is 0 Å². The number of allylic oxidation sites excluding steroid dienone is 2. The van der Waals surface area contributed by atoms with Crippen LogP contribution in [0.25, 0.3) is 0 Å². The molecule has 2 aromatic carbocycles. The number of rotatable bonds is 13. The van der Waals surface area contributed by atoms with Crippen LogP contribution in [0.4, 0.5) is 11.4 Å². The summed E-state index contributed by atoms with van der Waals surface area (Å²) in [6.45, 7) is 19.2. The molecule has 2 aliphatic rings. The van der Waals surface area contributed by atoms with Crippen molar-refractivity contribution in [1.29, 1.82) is 0 Å². The summed E-state index contributed by atoms with van der Waals surface area (Å²) in [4.78, 5) is 35.9. The van der Waals surface area contributed by atoms with Crippen molar-refractivity contribution in [3.8, 4) is 0 Å². The average molecular weight is 641 g/mol. The summed E-state index contributed by atoms with van der Waals surface area (Å²) >= 11 is 0. The summed E-state index contributed by atoms with van der Waals surface area (Å²) in [5.74, 6) is 0.278. The predicted molar refractivity (Wildman–Crippen MR) is 199 cm³/mol. The SMILES string of the molecule is CN1C=C(C(=O)c2ccc(N(C)CCCCCCN(C)c3ccc(C(=O)C4=CN(C(C)(C)C)CCC4(C)C)cc3)cc2)C(C)(C)CC1. The molecule has 2 heterocycles. The molecule has 0 bridgehead atoms. The van der Waals surface area contributed by atoms with Crippen molar-refractivity contribution in [3.05, 3.63) is 83.2 Å². The van der Waals surface area contributed by atoms with Gasteiger partial charge >= 0.3 is 0 Å². The van der Waals surface area contributed by atoms with Crippen molar-refractivity contribution in [2.24, 2.45) is 10.8 Å². The van der Waals surface area contributed by atoms with Crippen LogP contribution < -0.4 is 9.80 Å². The van der Waals surface area contributed by atoms with Gasteiger partial charge in [0, 0.05) is 98.9 Å². The Morgan fingerprint density at radius 2 is 1.06 bits per heavy atom. The molecule has 47 heavy (non-hydrogen) atoms. The molecular weight excluding hydrogens is 580 g/mol. The van der Waals surface area contributed by atoms with Gasteiger partial charge in [0.05, 0.1) is 0 Å². The maximum atomic E-state index is 13.6. The van der Waals surface area contributed by atoms with E-state index in [1.165, 1.54) is 12.8 Å². The van der Waals surface area contributed by atoms with Gasteiger partial charge in [-0.15, -0.1) is 0 Å². The molecule has 0 radical (unpaired) electrons. The molecule has 0 spiro atoms. The maximum Gasteiger partial charge on any atom is 0.191 e. The highest BCUT2D eigenvalue weighted by Crippen LogP contribution is 2.39. The van der Waals surface area contributed by atoms with Crippen LogP contribution in [0, 0.1) is 10.8 Å². The van der Waals surface area contributed by atoms with Crippen LogP contribution in [-0.4, -0.2) is 74.2 Å². The number of nitrogens with zero attached hydrogens (tertiary/aromatic N) is 4. The first-order valence-corrected chi connectivity index (χ1v) is 17.6. The molecule has 0 N–H and O–H groups in total. The van der Waals surface area contributed by atoms with Crippen LogP contribution in [0.3, 0.4) is 0 Å². The lowest BCUT2D eigenvalue weighted by atomic mass is 9.75. The number of unbranched alkanes of at least 4 members (excludes halogenated alkanes) is 3. The third-order valence-corrected chi connectivity index (χ3v) is 10.4. The molecule has 2 aliphatic heterocycles. The Kier molecular flexibility index (Phi) is 11.4. The second-order valence-electron chi connectivity index (χ2n) is 16.2. The molecule has 0 unspecified atom stereocenters. The topological polar surface area (TPSA) is 47.1 Å². The van der Waals surface area contributed by atoms with E-state index in [0.717, 1.165) is 85.5 Å². The molecule has 0 saturated heterocycles. The molecule has 0 aromatic heterocycles. The smallest absolute Gasteiger partial charge is 0.191 e. The lowest BCUT2D eigenvalue weighted by Crippen LogP contribution is -2.44. The molecule has 256 valence electrons. The van der Waals surface area contributed by atoms with Gasteiger partial charge in [-0.1, -0.05) is 40.5 Å². The Balaban J connectivity index is 1.20. The Hall–Kier alpha value is -3.54. The van der Waals surface area contributed by atoms with Crippen LogP contribution in [0.5, 0.6) is 0 Å². The number of hydrogen-bond acceptors (Lipinski definition) is 6. The zero-order valence-electron chi connectivity index (χ0n) is 30.9. The quantitative estimate of drug-likeness (QED) is 0.161. The molecule has 0 amide bonds. The summed E-state index contributed by atoms with van der Waals surface area (Å²) in [6.07, 6.45) is 10.7. The van der Waals surface area contributed by atoms with Gasteiger partial charge in [-0.2, -0.15) is 0 Å². The van der Waals surface area contributed by atoms with Crippen LogP contribution in [-0.2, 0) is 0 Å². The van der Waals surface area contributed by atoms with Crippen LogP contribution in [0.2, 0.25) is 0 Å². The highest BCUT2D eigenvalue weighted by Gasteiger charge is 2.36. The van der Waals surface area contributed by atoms with E-state index in [2.05, 4.69) is 113 Å². The number of Topliss-reactive ketones (excluding diaryl/α,β-unsaturated/α-hetero) is 2. The van der Waals surface area contributed by atoms with E-state index >= 15 is 0 Å². The van der Waals surface area contributed by atoms with Crippen molar-refractivity contribution in [2.75, 3.05) is 57.1 Å². The van der Waals surface area contributed by atoms with Gasteiger partial charge in [-0.05, 0) is 106 Å². The summed E-state index contributed by atoms with van der Waals surface area (Å²) in [7, 11) is 6.31. The Labute approximate surface area is 285 Å².